The Morgan fingerprint density at radius 1 is 0.879 bits per heavy atom. The van der Waals surface area contributed by atoms with E-state index in [0.29, 0.717) is 35.1 Å². The minimum Gasteiger partial charge on any atom is -0.455 e. The van der Waals surface area contributed by atoms with E-state index in [4.69, 9.17) is 4.74 Å². The predicted octanol–water partition coefficient (Wildman–Crippen LogP) is 4.21. The lowest BCUT2D eigenvalue weighted by Gasteiger charge is -2.17. The number of sulfonamides is 1. The number of anilines is 3. The molecule has 3 rings (SSSR count). The number of nitrogens with one attached hydrogen (secondary N) is 3. The summed E-state index contributed by atoms with van der Waals surface area (Å²) in [5.41, 5.74) is 1.75. The summed E-state index contributed by atoms with van der Waals surface area (Å²) in [4.78, 5) is 12.8. The highest BCUT2D eigenvalue weighted by Crippen LogP contribution is 2.29. The van der Waals surface area contributed by atoms with Gasteiger partial charge in [0.05, 0.1) is 28.5 Å². The van der Waals surface area contributed by atoms with Gasteiger partial charge in [-0.2, -0.15) is 0 Å². The highest BCUT2D eigenvalue weighted by molar-refractivity contribution is 7.89. The molecule has 0 aromatic heterocycles. The molecule has 3 aromatic carbocycles. The summed E-state index contributed by atoms with van der Waals surface area (Å²) in [6.07, 6.45) is 0. The molecule has 9 heteroatoms. The molecule has 0 heterocycles. The topological polar surface area (TPSA) is 99.8 Å². The Balaban J connectivity index is 1.74. The Hall–Kier alpha value is -3.56. The molecule has 33 heavy (non-hydrogen) atoms. The number of hydrogen-bond acceptors (Lipinski definition) is 6. The van der Waals surface area contributed by atoms with Crippen LogP contribution in [0.1, 0.15) is 6.92 Å². The first-order valence-electron chi connectivity index (χ1n) is 10.5. The van der Waals surface area contributed by atoms with Gasteiger partial charge in [-0.1, -0.05) is 30.3 Å². The van der Waals surface area contributed by atoms with E-state index in [1.807, 2.05) is 43.3 Å². The van der Waals surface area contributed by atoms with Crippen molar-refractivity contribution in [2.45, 2.75) is 11.8 Å². The molecule has 0 spiro atoms. The molecule has 0 saturated heterocycles. The second-order valence-corrected chi connectivity index (χ2v) is 9.49. The molecule has 3 aromatic rings. The lowest BCUT2D eigenvalue weighted by atomic mass is 10.2. The number of ether oxygens (including phenoxy) is 1. The van der Waals surface area contributed by atoms with Crippen LogP contribution >= 0.6 is 0 Å². The number of hydrogen-bond donors (Lipinski definition) is 3. The average molecular weight is 469 g/mol. The first kappa shape index (κ1) is 24.1. The highest BCUT2D eigenvalue weighted by atomic mass is 32.2. The van der Waals surface area contributed by atoms with Crippen LogP contribution in [-0.2, 0) is 14.8 Å². The van der Waals surface area contributed by atoms with Crippen LogP contribution < -0.4 is 20.7 Å². The van der Waals surface area contributed by atoms with Gasteiger partial charge in [0.25, 0.3) is 0 Å². The molecule has 0 radical (unpaired) electrons. The maximum absolute atomic E-state index is 12.7. The van der Waals surface area contributed by atoms with Crippen molar-refractivity contribution < 1.29 is 17.9 Å². The molecule has 8 nitrogen and oxygen atoms in total. The fourth-order valence-corrected chi connectivity index (χ4v) is 3.96. The Morgan fingerprint density at radius 3 is 2.27 bits per heavy atom. The summed E-state index contributed by atoms with van der Waals surface area (Å²) in [6, 6.07) is 21.2. The van der Waals surface area contributed by atoms with E-state index in [0.717, 1.165) is 4.31 Å². The van der Waals surface area contributed by atoms with Crippen LogP contribution in [0.25, 0.3) is 0 Å². The third-order valence-electron chi connectivity index (χ3n) is 4.71. The van der Waals surface area contributed by atoms with Crippen LogP contribution in [0.4, 0.5) is 17.1 Å². The van der Waals surface area contributed by atoms with E-state index >= 15 is 0 Å². The molecule has 0 aliphatic carbocycles. The van der Waals surface area contributed by atoms with E-state index in [2.05, 4.69) is 16.0 Å². The first-order chi connectivity index (χ1) is 15.8. The minimum absolute atomic E-state index is 0.0659. The predicted molar refractivity (Wildman–Crippen MR) is 132 cm³/mol. The fourth-order valence-electron chi connectivity index (χ4n) is 3.03. The van der Waals surface area contributed by atoms with Crippen LogP contribution in [0.5, 0.6) is 11.5 Å². The second kappa shape index (κ2) is 10.8. The van der Waals surface area contributed by atoms with E-state index in [1.165, 1.54) is 26.2 Å². The largest absolute Gasteiger partial charge is 0.455 e. The van der Waals surface area contributed by atoms with E-state index in [-0.39, 0.29) is 17.3 Å². The van der Waals surface area contributed by atoms with Crippen LogP contribution in [0, 0.1) is 0 Å². The summed E-state index contributed by atoms with van der Waals surface area (Å²) < 4.78 is 32.0. The summed E-state index contributed by atoms with van der Waals surface area (Å²) in [5, 5.41) is 9.05. The van der Waals surface area contributed by atoms with E-state index < -0.39 is 10.0 Å². The number of carbonyl (C=O) groups excluding carboxylic acids is 1. The average Bonchev–Trinajstić information content (AvgIpc) is 2.80. The number of para-hydroxylation sites is 3. The van der Waals surface area contributed by atoms with Crippen molar-refractivity contribution in [2.24, 2.45) is 0 Å². The quantitative estimate of drug-likeness (QED) is 0.412. The molecule has 0 atom stereocenters. The zero-order valence-electron chi connectivity index (χ0n) is 18.8. The minimum atomic E-state index is -3.61. The van der Waals surface area contributed by atoms with Crippen molar-refractivity contribution in [3.63, 3.8) is 0 Å². The third-order valence-corrected chi connectivity index (χ3v) is 6.52. The number of benzene rings is 3. The van der Waals surface area contributed by atoms with Crippen molar-refractivity contribution in [3.05, 3.63) is 72.8 Å². The zero-order valence-corrected chi connectivity index (χ0v) is 19.6. The number of carbonyl (C=O) groups is 1. The third kappa shape index (κ3) is 6.24. The molecular formula is C24H28N4O4S. The molecule has 0 unspecified atom stereocenters. The van der Waals surface area contributed by atoms with Gasteiger partial charge in [-0.3, -0.25) is 4.79 Å². The molecule has 3 N–H and O–H groups in total. The second-order valence-electron chi connectivity index (χ2n) is 7.34. The van der Waals surface area contributed by atoms with Crippen LogP contribution in [0.3, 0.4) is 0 Å². The highest BCUT2D eigenvalue weighted by Gasteiger charge is 2.19. The van der Waals surface area contributed by atoms with E-state index in [1.54, 1.807) is 24.3 Å². The van der Waals surface area contributed by atoms with Crippen molar-refractivity contribution >= 4 is 33.0 Å². The summed E-state index contributed by atoms with van der Waals surface area (Å²) >= 11 is 0. The number of rotatable bonds is 10. The van der Waals surface area contributed by atoms with E-state index in [9.17, 15) is 13.2 Å². The van der Waals surface area contributed by atoms with Gasteiger partial charge < -0.3 is 20.7 Å². The normalized spacial score (nSPS) is 11.2. The van der Waals surface area contributed by atoms with Gasteiger partial charge in [-0.15, -0.1) is 0 Å². The Labute approximate surface area is 194 Å². The van der Waals surface area contributed by atoms with Crippen molar-refractivity contribution in [1.29, 1.82) is 0 Å². The Kier molecular flexibility index (Phi) is 7.92. The summed E-state index contributed by atoms with van der Waals surface area (Å²) in [7, 11) is -0.655. The molecule has 0 bridgehead atoms. The van der Waals surface area contributed by atoms with Gasteiger partial charge in [-0.25, -0.2) is 12.7 Å². The summed E-state index contributed by atoms with van der Waals surface area (Å²) in [6.45, 7) is 2.51. The molecule has 0 aliphatic rings. The van der Waals surface area contributed by atoms with Crippen LogP contribution in [0.2, 0.25) is 0 Å². The number of amides is 1. The summed E-state index contributed by atoms with van der Waals surface area (Å²) in [5.74, 6) is 0.874. The van der Waals surface area contributed by atoms with Gasteiger partial charge in [-0.05, 0) is 49.4 Å². The number of nitrogens with zero attached hydrogens (tertiary/aromatic N) is 1. The molecule has 1 amide bonds. The van der Waals surface area contributed by atoms with Gasteiger partial charge in [0.15, 0.2) is 5.75 Å². The molecule has 0 aliphatic heterocycles. The fraction of sp³-hybridized carbons (Fsp3) is 0.208. The molecule has 0 saturated carbocycles. The lowest BCUT2D eigenvalue weighted by Crippen LogP contribution is -2.24. The lowest BCUT2D eigenvalue weighted by molar-refractivity contribution is -0.114. The Morgan fingerprint density at radius 2 is 1.58 bits per heavy atom. The van der Waals surface area contributed by atoms with Crippen molar-refractivity contribution in [1.82, 2.24) is 4.31 Å². The maximum atomic E-state index is 12.7. The molecule has 174 valence electrons. The van der Waals surface area contributed by atoms with Crippen molar-refractivity contribution in [3.8, 4) is 11.5 Å². The maximum Gasteiger partial charge on any atom is 0.243 e. The van der Waals surface area contributed by atoms with Gasteiger partial charge in [0.1, 0.15) is 5.75 Å². The van der Waals surface area contributed by atoms with Gasteiger partial charge >= 0.3 is 0 Å². The monoisotopic (exact) mass is 468 g/mol. The van der Waals surface area contributed by atoms with Gasteiger partial charge in [0.2, 0.25) is 15.9 Å². The SMILES string of the molecule is CCNc1ccc(S(=O)(=O)N(C)C)cc1NCC(=O)Nc1ccccc1Oc1ccccc1. The zero-order chi connectivity index (χ0) is 23.8. The first-order valence-corrected chi connectivity index (χ1v) is 11.9. The van der Waals surface area contributed by atoms with Gasteiger partial charge in [0, 0.05) is 20.6 Å². The Bertz CT molecular complexity index is 1200. The molecular weight excluding hydrogens is 440 g/mol. The molecule has 0 fully saturated rings. The standard InChI is InChI=1S/C24H28N4O4S/c1-4-25-20-15-14-19(33(30,31)28(2)3)16-22(20)26-17-24(29)27-21-12-8-9-13-23(21)32-18-10-6-5-7-11-18/h5-16,25-26H,4,17H2,1-3H3,(H,27,29). The van der Waals surface area contributed by atoms with Crippen LogP contribution in [-0.4, -0.2) is 45.8 Å². The van der Waals surface area contributed by atoms with Crippen molar-refractivity contribution in [2.75, 3.05) is 43.1 Å². The van der Waals surface area contributed by atoms with Crippen LogP contribution in [0.15, 0.2) is 77.7 Å². The smallest absolute Gasteiger partial charge is 0.243 e.